The van der Waals surface area contributed by atoms with Gasteiger partial charge in [0.1, 0.15) is 0 Å². The molecule has 0 saturated heterocycles. The van der Waals surface area contributed by atoms with Gasteiger partial charge in [0.15, 0.2) is 0 Å². The van der Waals surface area contributed by atoms with Crippen molar-refractivity contribution in [3.63, 3.8) is 0 Å². The van der Waals surface area contributed by atoms with Gasteiger partial charge in [-0.2, -0.15) is 0 Å². The summed E-state index contributed by atoms with van der Waals surface area (Å²) in [5.41, 5.74) is 7.76. The Bertz CT molecular complexity index is 309. The van der Waals surface area contributed by atoms with Crippen molar-refractivity contribution in [2.24, 2.45) is 11.8 Å². The molecule has 14 heavy (non-hydrogen) atoms. The lowest BCUT2D eigenvalue weighted by Crippen LogP contribution is -2.06. The minimum Gasteiger partial charge on any atom is -0.397 e. The maximum atomic E-state index is 5.83. The SMILES string of the molecule is CC[C@@H]1C[C@H]1CNc1ccccc1N. The topological polar surface area (TPSA) is 38.0 Å². The summed E-state index contributed by atoms with van der Waals surface area (Å²) in [5, 5.41) is 3.41. The molecular formula is C12H18N2. The summed E-state index contributed by atoms with van der Waals surface area (Å²) in [6.45, 7) is 3.34. The average Bonchev–Trinajstić information content (AvgIpc) is 2.95. The molecule has 0 bridgehead atoms. The molecule has 0 radical (unpaired) electrons. The molecular weight excluding hydrogens is 172 g/mol. The van der Waals surface area contributed by atoms with E-state index in [1.54, 1.807) is 0 Å². The monoisotopic (exact) mass is 190 g/mol. The molecule has 0 aromatic heterocycles. The molecule has 0 spiro atoms. The fourth-order valence-electron chi connectivity index (χ4n) is 1.96. The first-order valence-electron chi connectivity index (χ1n) is 5.39. The Morgan fingerprint density at radius 2 is 2.14 bits per heavy atom. The van der Waals surface area contributed by atoms with Gasteiger partial charge in [-0.05, 0) is 30.4 Å². The van der Waals surface area contributed by atoms with Crippen LogP contribution in [0.25, 0.3) is 0 Å². The number of nitrogen functional groups attached to an aromatic ring is 1. The van der Waals surface area contributed by atoms with Crippen LogP contribution in [0.5, 0.6) is 0 Å². The summed E-state index contributed by atoms with van der Waals surface area (Å²) in [4.78, 5) is 0. The molecule has 1 saturated carbocycles. The van der Waals surface area contributed by atoms with E-state index in [2.05, 4.69) is 12.2 Å². The van der Waals surface area contributed by atoms with Gasteiger partial charge in [-0.15, -0.1) is 0 Å². The molecule has 2 nitrogen and oxygen atoms in total. The van der Waals surface area contributed by atoms with Gasteiger partial charge in [-0.25, -0.2) is 0 Å². The molecule has 1 aromatic carbocycles. The van der Waals surface area contributed by atoms with Crippen LogP contribution in [0.3, 0.4) is 0 Å². The van der Waals surface area contributed by atoms with Crippen LogP contribution in [0.4, 0.5) is 11.4 Å². The molecule has 0 heterocycles. The molecule has 0 aliphatic heterocycles. The summed E-state index contributed by atoms with van der Waals surface area (Å²) in [6.07, 6.45) is 2.70. The van der Waals surface area contributed by atoms with E-state index in [1.165, 1.54) is 12.8 Å². The van der Waals surface area contributed by atoms with Gasteiger partial charge < -0.3 is 11.1 Å². The van der Waals surface area contributed by atoms with E-state index in [0.717, 1.165) is 29.8 Å². The van der Waals surface area contributed by atoms with Crippen molar-refractivity contribution in [2.75, 3.05) is 17.6 Å². The second kappa shape index (κ2) is 3.91. The zero-order valence-corrected chi connectivity index (χ0v) is 8.66. The van der Waals surface area contributed by atoms with Crippen LogP contribution in [0.1, 0.15) is 19.8 Å². The highest BCUT2D eigenvalue weighted by Gasteiger charge is 2.34. The first kappa shape index (κ1) is 9.38. The van der Waals surface area contributed by atoms with Crippen molar-refractivity contribution in [3.8, 4) is 0 Å². The van der Waals surface area contributed by atoms with Gasteiger partial charge in [-0.1, -0.05) is 25.5 Å². The van der Waals surface area contributed by atoms with Crippen LogP contribution >= 0.6 is 0 Å². The van der Waals surface area contributed by atoms with Crippen molar-refractivity contribution < 1.29 is 0 Å². The molecule has 3 N–H and O–H groups in total. The van der Waals surface area contributed by atoms with Crippen molar-refractivity contribution in [3.05, 3.63) is 24.3 Å². The minimum absolute atomic E-state index is 0.848. The Morgan fingerprint density at radius 1 is 1.36 bits per heavy atom. The van der Waals surface area contributed by atoms with Crippen molar-refractivity contribution in [1.82, 2.24) is 0 Å². The summed E-state index contributed by atoms with van der Waals surface area (Å²) in [6, 6.07) is 7.96. The summed E-state index contributed by atoms with van der Waals surface area (Å²) < 4.78 is 0. The van der Waals surface area contributed by atoms with Gasteiger partial charge in [-0.3, -0.25) is 0 Å². The first-order chi connectivity index (χ1) is 6.81. The lowest BCUT2D eigenvalue weighted by Gasteiger charge is -2.08. The number of hydrogen-bond donors (Lipinski definition) is 2. The third-order valence-electron chi connectivity index (χ3n) is 3.11. The Kier molecular flexibility index (Phi) is 2.62. The fourth-order valence-corrected chi connectivity index (χ4v) is 1.96. The second-order valence-electron chi connectivity index (χ2n) is 4.13. The largest absolute Gasteiger partial charge is 0.397 e. The van der Waals surface area contributed by atoms with E-state index in [4.69, 9.17) is 5.73 Å². The lowest BCUT2D eigenvalue weighted by atomic mass is 10.2. The zero-order valence-electron chi connectivity index (χ0n) is 8.66. The van der Waals surface area contributed by atoms with Gasteiger partial charge in [0.2, 0.25) is 0 Å². The Morgan fingerprint density at radius 3 is 2.79 bits per heavy atom. The molecule has 0 unspecified atom stereocenters. The number of anilines is 2. The molecule has 1 aliphatic rings. The predicted molar refractivity (Wildman–Crippen MR) is 61.2 cm³/mol. The van der Waals surface area contributed by atoms with Crippen molar-refractivity contribution in [2.45, 2.75) is 19.8 Å². The second-order valence-corrected chi connectivity index (χ2v) is 4.13. The van der Waals surface area contributed by atoms with E-state index in [9.17, 15) is 0 Å². The van der Waals surface area contributed by atoms with Crippen LogP contribution in [0.2, 0.25) is 0 Å². The quantitative estimate of drug-likeness (QED) is 0.716. The number of rotatable bonds is 4. The Balaban J connectivity index is 1.84. The maximum Gasteiger partial charge on any atom is 0.0574 e. The highest BCUT2D eigenvalue weighted by atomic mass is 14.9. The molecule has 2 atom stereocenters. The molecule has 1 aromatic rings. The smallest absolute Gasteiger partial charge is 0.0574 e. The number of hydrogen-bond acceptors (Lipinski definition) is 2. The molecule has 2 rings (SSSR count). The van der Waals surface area contributed by atoms with Crippen LogP contribution in [0, 0.1) is 11.8 Å². The maximum absolute atomic E-state index is 5.83. The normalized spacial score (nSPS) is 24.6. The molecule has 76 valence electrons. The highest BCUT2D eigenvalue weighted by molar-refractivity contribution is 5.65. The number of para-hydroxylation sites is 2. The number of nitrogens with two attached hydrogens (primary N) is 1. The highest BCUT2D eigenvalue weighted by Crippen LogP contribution is 2.41. The summed E-state index contributed by atoms with van der Waals surface area (Å²) >= 11 is 0. The molecule has 1 fully saturated rings. The van der Waals surface area contributed by atoms with E-state index >= 15 is 0 Å². The van der Waals surface area contributed by atoms with E-state index < -0.39 is 0 Å². The molecule has 2 heteroatoms. The van der Waals surface area contributed by atoms with Crippen molar-refractivity contribution >= 4 is 11.4 Å². The fraction of sp³-hybridized carbons (Fsp3) is 0.500. The summed E-state index contributed by atoms with van der Waals surface area (Å²) in [7, 11) is 0. The van der Waals surface area contributed by atoms with Gasteiger partial charge in [0.25, 0.3) is 0 Å². The Labute approximate surface area is 85.5 Å². The van der Waals surface area contributed by atoms with E-state index in [-0.39, 0.29) is 0 Å². The third kappa shape index (κ3) is 2.00. The zero-order chi connectivity index (χ0) is 9.97. The molecule has 1 aliphatic carbocycles. The lowest BCUT2D eigenvalue weighted by molar-refractivity contribution is 0.702. The van der Waals surface area contributed by atoms with Crippen LogP contribution < -0.4 is 11.1 Å². The van der Waals surface area contributed by atoms with Crippen LogP contribution in [-0.2, 0) is 0 Å². The third-order valence-corrected chi connectivity index (χ3v) is 3.11. The van der Waals surface area contributed by atoms with Gasteiger partial charge in [0, 0.05) is 6.54 Å². The standard InChI is InChI=1S/C12H18N2/c1-2-9-7-10(9)8-14-12-6-4-3-5-11(12)13/h3-6,9-10,14H,2,7-8,13H2,1H3/t9-,10+/m1/s1. The van der Waals surface area contributed by atoms with Crippen LogP contribution in [-0.4, -0.2) is 6.54 Å². The molecule has 0 amide bonds. The van der Waals surface area contributed by atoms with E-state index in [1.807, 2.05) is 24.3 Å². The predicted octanol–water partition coefficient (Wildman–Crippen LogP) is 2.73. The van der Waals surface area contributed by atoms with E-state index in [0.29, 0.717) is 0 Å². The van der Waals surface area contributed by atoms with Gasteiger partial charge >= 0.3 is 0 Å². The van der Waals surface area contributed by atoms with Crippen LogP contribution in [0.15, 0.2) is 24.3 Å². The first-order valence-corrected chi connectivity index (χ1v) is 5.39. The van der Waals surface area contributed by atoms with Gasteiger partial charge in [0.05, 0.1) is 11.4 Å². The van der Waals surface area contributed by atoms with Crippen molar-refractivity contribution in [1.29, 1.82) is 0 Å². The number of benzene rings is 1. The Hall–Kier alpha value is -1.18. The average molecular weight is 190 g/mol. The summed E-state index contributed by atoms with van der Waals surface area (Å²) in [5.74, 6) is 1.83. The number of nitrogens with one attached hydrogen (secondary N) is 1. The minimum atomic E-state index is 0.848.